The summed E-state index contributed by atoms with van der Waals surface area (Å²) in [4.78, 5) is 16.2. The maximum Gasteiger partial charge on any atom is 0.416 e. The normalized spacial score (nSPS) is 17.8. The third-order valence-corrected chi connectivity index (χ3v) is 6.72. The lowest BCUT2D eigenvalue weighted by Gasteiger charge is -2.60. The molecule has 0 aliphatic carbocycles. The molecule has 11 heteroatoms. The van der Waals surface area contributed by atoms with E-state index in [0.717, 1.165) is 36.3 Å². The van der Waals surface area contributed by atoms with Crippen LogP contribution in [0.4, 0.5) is 29.5 Å². The SMILES string of the molecule is C[C@@H](Nc1nnnc2ccc(N3CC4(CN(C(=O)OC(C)(C)C)C4)C3)cc12)c1cccc(C(F)(F)F)c1. The van der Waals surface area contributed by atoms with Gasteiger partial charge in [-0.05, 0) is 68.8 Å². The molecule has 0 saturated carbocycles. The molecule has 2 aliphatic rings. The summed E-state index contributed by atoms with van der Waals surface area (Å²) in [5, 5.41) is 16.0. The first kappa shape index (κ1) is 25.0. The van der Waals surface area contributed by atoms with Crippen molar-refractivity contribution < 1.29 is 22.7 Å². The topological polar surface area (TPSA) is 83.5 Å². The van der Waals surface area contributed by atoms with Crippen molar-refractivity contribution in [3.8, 4) is 0 Å². The number of halogens is 3. The highest BCUT2D eigenvalue weighted by Gasteiger charge is 2.54. The van der Waals surface area contributed by atoms with Crippen LogP contribution in [-0.4, -0.2) is 58.2 Å². The zero-order valence-corrected chi connectivity index (χ0v) is 21.1. The monoisotopic (exact) mass is 514 g/mol. The standard InChI is InChI=1S/C26H29F3N6O2/c1-16(17-6-5-7-18(10-17)26(27,28)29)30-22-20-11-19(8-9-21(20)31-33-32-22)34-12-25(13-34)14-35(15-25)23(36)37-24(2,3)4/h5-11,16H,12-15H2,1-4H3,(H,30,31,32)/t16-/m1/s1. The van der Waals surface area contributed by atoms with Crippen molar-refractivity contribution in [1.82, 2.24) is 20.3 Å². The van der Waals surface area contributed by atoms with Crippen molar-refractivity contribution in [2.24, 2.45) is 5.41 Å². The molecule has 37 heavy (non-hydrogen) atoms. The molecule has 2 aromatic carbocycles. The molecule has 2 aliphatic heterocycles. The Morgan fingerprint density at radius 1 is 1.05 bits per heavy atom. The summed E-state index contributed by atoms with van der Waals surface area (Å²) < 4.78 is 44.9. The second-order valence-corrected chi connectivity index (χ2v) is 11.0. The molecule has 0 unspecified atom stereocenters. The van der Waals surface area contributed by atoms with Crippen LogP contribution in [0.1, 0.15) is 44.9 Å². The molecule has 3 heterocycles. The summed E-state index contributed by atoms with van der Waals surface area (Å²) in [6.45, 7) is 10.3. The van der Waals surface area contributed by atoms with Crippen LogP contribution >= 0.6 is 0 Å². The van der Waals surface area contributed by atoms with Crippen LogP contribution in [0.5, 0.6) is 0 Å². The number of rotatable bonds is 4. The first-order valence-corrected chi connectivity index (χ1v) is 12.1. The lowest BCUT2D eigenvalue weighted by molar-refractivity contribution is -0.137. The third kappa shape index (κ3) is 5.12. The van der Waals surface area contributed by atoms with Crippen molar-refractivity contribution in [3.05, 3.63) is 53.6 Å². The van der Waals surface area contributed by atoms with E-state index in [1.165, 1.54) is 6.07 Å². The van der Waals surface area contributed by atoms with Gasteiger partial charge in [0.25, 0.3) is 0 Å². The third-order valence-electron chi connectivity index (χ3n) is 6.72. The van der Waals surface area contributed by atoms with Crippen molar-refractivity contribution in [1.29, 1.82) is 0 Å². The number of ether oxygens (including phenoxy) is 1. The van der Waals surface area contributed by atoms with Gasteiger partial charge >= 0.3 is 12.3 Å². The molecule has 1 aromatic heterocycles. The average Bonchev–Trinajstić information content (AvgIpc) is 2.76. The molecule has 1 spiro atoms. The van der Waals surface area contributed by atoms with E-state index < -0.39 is 23.4 Å². The Morgan fingerprint density at radius 3 is 2.46 bits per heavy atom. The van der Waals surface area contributed by atoms with Gasteiger partial charge in [0, 0.05) is 42.7 Å². The van der Waals surface area contributed by atoms with E-state index >= 15 is 0 Å². The number of nitrogens with zero attached hydrogens (tertiary/aromatic N) is 5. The highest BCUT2D eigenvalue weighted by Crippen LogP contribution is 2.43. The first-order valence-electron chi connectivity index (χ1n) is 12.1. The van der Waals surface area contributed by atoms with Gasteiger partial charge in [0.1, 0.15) is 5.60 Å². The van der Waals surface area contributed by atoms with Crippen LogP contribution in [-0.2, 0) is 10.9 Å². The Morgan fingerprint density at radius 2 is 1.78 bits per heavy atom. The number of benzene rings is 2. The van der Waals surface area contributed by atoms with Gasteiger partial charge in [-0.2, -0.15) is 13.2 Å². The molecule has 1 atom stereocenters. The first-order chi connectivity index (χ1) is 17.3. The van der Waals surface area contributed by atoms with Crippen molar-refractivity contribution in [2.75, 3.05) is 36.4 Å². The molecule has 8 nitrogen and oxygen atoms in total. The average molecular weight is 515 g/mol. The maximum atomic E-state index is 13.2. The summed E-state index contributed by atoms with van der Waals surface area (Å²) in [7, 11) is 0. The lowest BCUT2D eigenvalue weighted by Crippen LogP contribution is -2.73. The fourth-order valence-electron chi connectivity index (χ4n) is 4.91. The second kappa shape index (κ2) is 8.74. The number of anilines is 2. The number of nitrogens with one attached hydrogen (secondary N) is 1. The number of carbonyl (C=O) groups is 1. The van der Waals surface area contributed by atoms with Crippen LogP contribution in [0.15, 0.2) is 42.5 Å². The molecular weight excluding hydrogens is 485 g/mol. The van der Waals surface area contributed by atoms with Crippen LogP contribution in [0, 0.1) is 5.41 Å². The largest absolute Gasteiger partial charge is 0.444 e. The number of aromatic nitrogens is 3. The van der Waals surface area contributed by atoms with Crippen LogP contribution in [0.25, 0.3) is 10.9 Å². The predicted octanol–water partition coefficient (Wildman–Crippen LogP) is 5.27. The number of fused-ring (bicyclic) bond motifs is 1. The maximum absolute atomic E-state index is 13.2. The van der Waals surface area contributed by atoms with E-state index in [1.54, 1.807) is 17.9 Å². The molecule has 2 fully saturated rings. The predicted molar refractivity (Wildman–Crippen MR) is 133 cm³/mol. The minimum Gasteiger partial charge on any atom is -0.444 e. The zero-order chi connectivity index (χ0) is 26.6. The van der Waals surface area contributed by atoms with Gasteiger partial charge in [-0.25, -0.2) is 4.79 Å². The summed E-state index contributed by atoms with van der Waals surface area (Å²) in [6.07, 6.45) is -4.69. The molecule has 0 radical (unpaired) electrons. The quantitative estimate of drug-likeness (QED) is 0.508. The van der Waals surface area contributed by atoms with Gasteiger partial charge in [-0.3, -0.25) is 0 Å². The fourth-order valence-corrected chi connectivity index (χ4v) is 4.91. The summed E-state index contributed by atoms with van der Waals surface area (Å²) in [5.41, 5.74) is 0.963. The van der Waals surface area contributed by atoms with Gasteiger partial charge < -0.3 is 19.9 Å². The number of likely N-dealkylation sites (tertiary alicyclic amines) is 1. The minimum absolute atomic E-state index is 0.0691. The van der Waals surface area contributed by atoms with E-state index in [4.69, 9.17) is 4.74 Å². The van der Waals surface area contributed by atoms with Crippen molar-refractivity contribution in [3.63, 3.8) is 0 Å². The lowest BCUT2D eigenvalue weighted by atomic mass is 9.73. The van der Waals surface area contributed by atoms with Gasteiger partial charge in [-0.15, -0.1) is 10.2 Å². The van der Waals surface area contributed by atoms with Gasteiger partial charge in [0.2, 0.25) is 0 Å². The molecule has 1 N–H and O–H groups in total. The highest BCUT2D eigenvalue weighted by atomic mass is 19.4. The molecule has 0 bridgehead atoms. The van der Waals surface area contributed by atoms with E-state index in [1.807, 2.05) is 39.0 Å². The summed E-state index contributed by atoms with van der Waals surface area (Å²) in [5.74, 6) is 0.451. The van der Waals surface area contributed by atoms with Crippen LogP contribution < -0.4 is 10.2 Å². The molecule has 1 amide bonds. The van der Waals surface area contributed by atoms with Gasteiger partial charge in [0.15, 0.2) is 5.82 Å². The Labute approximate surface area is 212 Å². The van der Waals surface area contributed by atoms with Gasteiger partial charge in [0.05, 0.1) is 17.1 Å². The number of carbonyl (C=O) groups excluding carboxylic acids is 1. The zero-order valence-electron chi connectivity index (χ0n) is 21.1. The summed E-state index contributed by atoms with van der Waals surface area (Å²) in [6, 6.07) is 10.6. The number of alkyl halides is 3. The Kier molecular flexibility index (Phi) is 5.91. The smallest absolute Gasteiger partial charge is 0.416 e. The van der Waals surface area contributed by atoms with E-state index in [2.05, 4.69) is 25.6 Å². The Bertz CT molecular complexity index is 1330. The number of hydrogen-bond donors (Lipinski definition) is 1. The Hall–Kier alpha value is -3.63. The van der Waals surface area contributed by atoms with E-state index in [9.17, 15) is 18.0 Å². The second-order valence-electron chi connectivity index (χ2n) is 11.0. The highest BCUT2D eigenvalue weighted by molar-refractivity contribution is 5.91. The number of hydrogen-bond acceptors (Lipinski definition) is 7. The molecule has 2 saturated heterocycles. The van der Waals surface area contributed by atoms with Gasteiger partial charge in [-0.1, -0.05) is 12.1 Å². The molecule has 5 rings (SSSR count). The Balaban J connectivity index is 1.28. The molecule has 196 valence electrons. The fraction of sp³-hybridized carbons (Fsp3) is 0.462. The van der Waals surface area contributed by atoms with E-state index in [0.29, 0.717) is 30.0 Å². The van der Waals surface area contributed by atoms with Crippen LogP contribution in [0.3, 0.4) is 0 Å². The van der Waals surface area contributed by atoms with Crippen molar-refractivity contribution in [2.45, 2.75) is 45.5 Å². The van der Waals surface area contributed by atoms with Crippen LogP contribution in [0.2, 0.25) is 0 Å². The van der Waals surface area contributed by atoms with Crippen molar-refractivity contribution >= 4 is 28.5 Å². The summed E-state index contributed by atoms with van der Waals surface area (Å²) >= 11 is 0. The number of amides is 1. The molecule has 3 aromatic rings. The van der Waals surface area contributed by atoms with E-state index in [-0.39, 0.29) is 11.5 Å². The minimum atomic E-state index is -4.41. The molecular formula is C26H29F3N6O2.